The molecule has 200 valence electrons. The number of carbonyl (C=O) groups excluding carboxylic acids is 2. The van der Waals surface area contributed by atoms with Crippen LogP contribution in [0.4, 0.5) is 4.79 Å². The van der Waals surface area contributed by atoms with Crippen molar-refractivity contribution >= 4 is 22.8 Å². The van der Waals surface area contributed by atoms with Crippen LogP contribution in [0, 0.1) is 5.92 Å². The largest absolute Gasteiger partial charge is 0.465 e. The quantitative estimate of drug-likeness (QED) is 0.289. The Morgan fingerprint density at radius 3 is 2.38 bits per heavy atom. The van der Waals surface area contributed by atoms with Crippen molar-refractivity contribution in [1.82, 2.24) is 15.8 Å². The van der Waals surface area contributed by atoms with Crippen LogP contribution in [-0.4, -0.2) is 43.8 Å². The molecule has 1 saturated heterocycles. The lowest BCUT2D eigenvalue weighted by Gasteiger charge is -2.23. The standard InChI is InChI=1S/C32H33N3O4/c1-22(28-14-8-12-23-11-6-7-13-29(23)28)33-19-26-20-35(21-30(26)24-9-4-3-5-10-24)34-32(37)39-27-17-15-25(16-18-27)31(36)38-2/h3-18,22,26,30,33H,19-21H2,1-2H3,(H,34,37)/t22-,26+,30-/m1/s1. The van der Waals surface area contributed by atoms with Crippen LogP contribution in [0.3, 0.4) is 0 Å². The van der Waals surface area contributed by atoms with Gasteiger partial charge in [-0.25, -0.2) is 14.6 Å². The molecule has 39 heavy (non-hydrogen) atoms. The van der Waals surface area contributed by atoms with E-state index in [4.69, 9.17) is 9.47 Å². The summed E-state index contributed by atoms with van der Waals surface area (Å²) in [4.78, 5) is 24.3. The van der Waals surface area contributed by atoms with Gasteiger partial charge in [-0.1, -0.05) is 72.8 Å². The average Bonchev–Trinajstić information content (AvgIpc) is 3.38. The lowest BCUT2D eigenvalue weighted by molar-refractivity contribution is 0.0600. The molecule has 1 amide bonds. The van der Waals surface area contributed by atoms with E-state index in [1.165, 1.54) is 29.0 Å². The van der Waals surface area contributed by atoms with Gasteiger partial charge in [-0.2, -0.15) is 0 Å². The van der Waals surface area contributed by atoms with Gasteiger partial charge in [0.05, 0.1) is 12.7 Å². The van der Waals surface area contributed by atoms with E-state index in [9.17, 15) is 9.59 Å². The molecular weight excluding hydrogens is 490 g/mol. The molecule has 0 radical (unpaired) electrons. The lowest BCUT2D eigenvalue weighted by atomic mass is 9.88. The fraction of sp³-hybridized carbons (Fsp3) is 0.250. The molecule has 4 aromatic carbocycles. The molecule has 2 N–H and O–H groups in total. The molecule has 7 heteroatoms. The number of rotatable bonds is 8. The summed E-state index contributed by atoms with van der Waals surface area (Å²) in [5.74, 6) is 0.438. The molecule has 1 heterocycles. The summed E-state index contributed by atoms with van der Waals surface area (Å²) in [7, 11) is 1.33. The monoisotopic (exact) mass is 523 g/mol. The summed E-state index contributed by atoms with van der Waals surface area (Å²) in [5, 5.41) is 8.18. The third-order valence-electron chi connectivity index (χ3n) is 7.38. The van der Waals surface area contributed by atoms with Gasteiger partial charge >= 0.3 is 12.1 Å². The zero-order chi connectivity index (χ0) is 27.2. The lowest BCUT2D eigenvalue weighted by Crippen LogP contribution is -2.42. The van der Waals surface area contributed by atoms with Crippen LogP contribution in [0.1, 0.15) is 40.4 Å². The van der Waals surface area contributed by atoms with Gasteiger partial charge in [0, 0.05) is 31.6 Å². The van der Waals surface area contributed by atoms with Gasteiger partial charge in [0.25, 0.3) is 0 Å². The Labute approximate surface area is 228 Å². The molecule has 4 aromatic rings. The zero-order valence-electron chi connectivity index (χ0n) is 22.2. The molecule has 5 rings (SSSR count). The number of nitrogens with zero attached hydrogens (tertiary/aromatic N) is 1. The van der Waals surface area contributed by atoms with Crippen LogP contribution >= 0.6 is 0 Å². The van der Waals surface area contributed by atoms with E-state index in [1.807, 2.05) is 11.1 Å². The summed E-state index contributed by atoms with van der Waals surface area (Å²) in [6.45, 7) is 4.36. The van der Waals surface area contributed by atoms with Crippen molar-refractivity contribution in [3.8, 4) is 5.75 Å². The molecule has 1 aliphatic heterocycles. The first-order chi connectivity index (χ1) is 19.0. The number of hydrazine groups is 1. The van der Waals surface area contributed by atoms with Crippen molar-refractivity contribution in [2.45, 2.75) is 18.9 Å². The number of methoxy groups -OCH3 is 1. The van der Waals surface area contributed by atoms with Crippen LogP contribution < -0.4 is 15.5 Å². The number of carbonyl (C=O) groups is 2. The maximum atomic E-state index is 12.7. The Morgan fingerprint density at radius 1 is 0.897 bits per heavy atom. The highest BCUT2D eigenvalue weighted by Gasteiger charge is 2.35. The second-order valence-electron chi connectivity index (χ2n) is 9.90. The Balaban J connectivity index is 1.24. The number of hydrogen-bond acceptors (Lipinski definition) is 6. The number of benzene rings is 4. The third-order valence-corrected chi connectivity index (χ3v) is 7.38. The first-order valence-corrected chi connectivity index (χ1v) is 13.2. The molecule has 0 spiro atoms. The van der Waals surface area contributed by atoms with E-state index in [0.717, 1.165) is 6.54 Å². The topological polar surface area (TPSA) is 79.9 Å². The molecule has 7 nitrogen and oxygen atoms in total. The second-order valence-corrected chi connectivity index (χ2v) is 9.90. The van der Waals surface area contributed by atoms with Crippen molar-refractivity contribution < 1.29 is 19.1 Å². The molecule has 0 saturated carbocycles. The number of ether oxygens (including phenoxy) is 2. The van der Waals surface area contributed by atoms with Gasteiger partial charge in [0.2, 0.25) is 0 Å². The molecule has 0 aromatic heterocycles. The first kappa shape index (κ1) is 26.4. The number of amides is 1. The Kier molecular flexibility index (Phi) is 8.20. The number of fused-ring (bicyclic) bond motifs is 1. The Hall–Kier alpha value is -4.20. The van der Waals surface area contributed by atoms with Gasteiger partial charge in [-0.15, -0.1) is 0 Å². The highest BCUT2D eigenvalue weighted by molar-refractivity contribution is 5.89. The molecule has 0 aliphatic carbocycles. The number of esters is 1. The van der Waals surface area contributed by atoms with Gasteiger partial charge in [0.1, 0.15) is 5.75 Å². The smallest absolute Gasteiger partial charge is 0.427 e. The summed E-state index contributed by atoms with van der Waals surface area (Å²) in [5.41, 5.74) is 5.82. The van der Waals surface area contributed by atoms with Gasteiger partial charge < -0.3 is 14.8 Å². The fourth-order valence-electron chi connectivity index (χ4n) is 5.35. The molecule has 1 fully saturated rings. The highest BCUT2D eigenvalue weighted by atomic mass is 16.6. The summed E-state index contributed by atoms with van der Waals surface area (Å²) in [6, 6.07) is 31.8. The van der Waals surface area contributed by atoms with Crippen molar-refractivity contribution in [3.63, 3.8) is 0 Å². The predicted octanol–water partition coefficient (Wildman–Crippen LogP) is 5.70. The summed E-state index contributed by atoms with van der Waals surface area (Å²) < 4.78 is 10.2. The summed E-state index contributed by atoms with van der Waals surface area (Å²) >= 11 is 0. The molecular formula is C32H33N3O4. The van der Waals surface area contributed by atoms with Gasteiger partial charge in [-0.3, -0.25) is 5.43 Å². The van der Waals surface area contributed by atoms with E-state index in [1.54, 1.807) is 24.3 Å². The third kappa shape index (κ3) is 6.28. The van der Waals surface area contributed by atoms with Crippen LogP contribution in [0.5, 0.6) is 5.75 Å². The van der Waals surface area contributed by atoms with E-state index in [0.29, 0.717) is 24.4 Å². The SMILES string of the molecule is COC(=O)c1ccc(OC(=O)NN2C[C@H](CN[C@H](C)c3cccc4ccccc34)[C@@H](c3ccccc3)C2)cc1. The minimum absolute atomic E-state index is 0.174. The predicted molar refractivity (Wildman–Crippen MR) is 152 cm³/mol. The van der Waals surface area contributed by atoms with Crippen LogP contribution in [0.2, 0.25) is 0 Å². The normalized spacial score (nSPS) is 18.0. The van der Waals surface area contributed by atoms with Crippen LogP contribution in [-0.2, 0) is 4.74 Å². The molecule has 0 bridgehead atoms. The van der Waals surface area contributed by atoms with Crippen LogP contribution in [0.25, 0.3) is 10.8 Å². The molecule has 0 unspecified atom stereocenters. The minimum Gasteiger partial charge on any atom is -0.465 e. The summed E-state index contributed by atoms with van der Waals surface area (Å²) in [6.07, 6.45) is -0.564. The zero-order valence-corrected chi connectivity index (χ0v) is 22.2. The number of nitrogens with one attached hydrogen (secondary N) is 2. The second kappa shape index (κ2) is 12.1. The van der Waals surface area contributed by atoms with Gasteiger partial charge in [-0.05, 0) is 59.0 Å². The maximum absolute atomic E-state index is 12.7. The number of hydrogen-bond donors (Lipinski definition) is 2. The van der Waals surface area contributed by atoms with E-state index in [-0.39, 0.29) is 17.9 Å². The van der Waals surface area contributed by atoms with Crippen molar-refractivity contribution in [2.24, 2.45) is 5.92 Å². The van der Waals surface area contributed by atoms with Crippen LogP contribution in [0.15, 0.2) is 97.1 Å². The van der Waals surface area contributed by atoms with E-state index in [2.05, 4.69) is 84.4 Å². The van der Waals surface area contributed by atoms with Crippen molar-refractivity contribution in [3.05, 3.63) is 114 Å². The Bertz CT molecular complexity index is 1420. The highest BCUT2D eigenvalue weighted by Crippen LogP contribution is 2.32. The van der Waals surface area contributed by atoms with Crippen molar-refractivity contribution in [2.75, 3.05) is 26.7 Å². The fourth-order valence-corrected chi connectivity index (χ4v) is 5.35. The van der Waals surface area contributed by atoms with E-state index < -0.39 is 12.1 Å². The Morgan fingerprint density at radius 2 is 1.62 bits per heavy atom. The first-order valence-electron chi connectivity index (χ1n) is 13.2. The average molecular weight is 524 g/mol. The van der Waals surface area contributed by atoms with E-state index >= 15 is 0 Å². The molecule has 3 atom stereocenters. The molecule has 1 aliphatic rings. The van der Waals surface area contributed by atoms with Crippen molar-refractivity contribution in [1.29, 1.82) is 0 Å². The minimum atomic E-state index is -0.564. The maximum Gasteiger partial charge on any atom is 0.427 e. The van der Waals surface area contributed by atoms with Gasteiger partial charge in [0.15, 0.2) is 0 Å².